The highest BCUT2D eigenvalue weighted by Crippen LogP contribution is 2.31. The number of hydrogen-bond donors (Lipinski definition) is 1. The van der Waals surface area contributed by atoms with Gasteiger partial charge in [-0.25, -0.2) is 0 Å². The van der Waals surface area contributed by atoms with Gasteiger partial charge in [0.15, 0.2) is 0 Å². The Morgan fingerprint density at radius 1 is 1.10 bits per heavy atom. The molecule has 106 valence electrons. The van der Waals surface area contributed by atoms with Crippen molar-refractivity contribution in [1.82, 2.24) is 5.32 Å². The van der Waals surface area contributed by atoms with E-state index in [1.807, 2.05) is 0 Å². The highest BCUT2D eigenvalue weighted by atomic mass is 32.2. The van der Waals surface area contributed by atoms with E-state index in [0.717, 1.165) is 5.92 Å². The Labute approximate surface area is 126 Å². The van der Waals surface area contributed by atoms with Crippen molar-refractivity contribution in [2.24, 2.45) is 5.92 Å². The van der Waals surface area contributed by atoms with Gasteiger partial charge in [-0.15, -0.1) is 0 Å². The van der Waals surface area contributed by atoms with Gasteiger partial charge in [-0.3, -0.25) is 0 Å². The van der Waals surface area contributed by atoms with Gasteiger partial charge in [0.25, 0.3) is 0 Å². The van der Waals surface area contributed by atoms with Crippen LogP contribution in [0.15, 0.2) is 42.5 Å². The summed E-state index contributed by atoms with van der Waals surface area (Å²) in [6.45, 7) is 0. The lowest BCUT2D eigenvalue weighted by Gasteiger charge is -2.26. The second kappa shape index (κ2) is 6.64. The van der Waals surface area contributed by atoms with Crippen LogP contribution in [-0.2, 0) is 0 Å². The summed E-state index contributed by atoms with van der Waals surface area (Å²) in [6.07, 6.45) is 4.04. The third-order valence-electron chi connectivity index (χ3n) is 4.43. The van der Waals surface area contributed by atoms with E-state index in [9.17, 15) is 0 Å². The summed E-state index contributed by atoms with van der Waals surface area (Å²) in [7, 11) is 2.09. The molecule has 0 saturated carbocycles. The van der Waals surface area contributed by atoms with Crippen molar-refractivity contribution in [3.8, 4) is 0 Å². The molecule has 20 heavy (non-hydrogen) atoms. The maximum absolute atomic E-state index is 3.52. The molecule has 1 nitrogen and oxygen atoms in total. The van der Waals surface area contributed by atoms with Gasteiger partial charge in [-0.2, -0.15) is 11.8 Å². The molecule has 1 unspecified atom stereocenters. The first kappa shape index (κ1) is 14.0. The fourth-order valence-corrected chi connectivity index (χ4v) is 4.36. The fraction of sp³-hybridized carbons (Fsp3) is 0.444. The third-order valence-corrected chi connectivity index (χ3v) is 5.48. The summed E-state index contributed by atoms with van der Waals surface area (Å²) in [5, 5.41) is 6.21. The maximum Gasteiger partial charge on any atom is 0.0320 e. The molecule has 0 aliphatic carbocycles. The van der Waals surface area contributed by atoms with Gasteiger partial charge in [0.05, 0.1) is 0 Å². The molecule has 1 N–H and O–H groups in total. The molecule has 0 amide bonds. The monoisotopic (exact) mass is 285 g/mol. The van der Waals surface area contributed by atoms with Gasteiger partial charge in [-0.05, 0) is 66.1 Å². The predicted molar refractivity (Wildman–Crippen MR) is 90.4 cm³/mol. The molecular weight excluding hydrogens is 262 g/mol. The Kier molecular flexibility index (Phi) is 4.64. The maximum atomic E-state index is 3.52. The van der Waals surface area contributed by atoms with Gasteiger partial charge in [0.2, 0.25) is 0 Å². The molecule has 3 rings (SSSR count). The molecule has 1 atom stereocenters. The Morgan fingerprint density at radius 3 is 2.60 bits per heavy atom. The molecule has 2 aromatic carbocycles. The summed E-state index contributed by atoms with van der Waals surface area (Å²) in [5.74, 6) is 3.58. The van der Waals surface area contributed by atoms with Crippen LogP contribution in [0.3, 0.4) is 0 Å². The average Bonchev–Trinajstić information content (AvgIpc) is 2.53. The Hall–Kier alpha value is -0.990. The van der Waals surface area contributed by atoms with Crippen LogP contribution in [0.4, 0.5) is 0 Å². The zero-order valence-electron chi connectivity index (χ0n) is 12.1. The van der Waals surface area contributed by atoms with Gasteiger partial charge in [0.1, 0.15) is 0 Å². The molecule has 0 spiro atoms. The fourth-order valence-electron chi connectivity index (χ4n) is 3.16. The molecule has 1 aliphatic rings. The topological polar surface area (TPSA) is 12.0 Å². The summed E-state index contributed by atoms with van der Waals surface area (Å²) in [6, 6.07) is 16.0. The van der Waals surface area contributed by atoms with E-state index in [1.165, 1.54) is 47.1 Å². The smallest absolute Gasteiger partial charge is 0.0320 e. The minimum absolute atomic E-state index is 0.493. The standard InChI is InChI=1S/C18H23NS/c1-19-18(12-14-8-10-20-11-9-14)17-7-6-15-4-2-3-5-16(15)13-17/h2-7,13-14,18-19H,8-12H2,1H3. The molecule has 0 aromatic heterocycles. The SMILES string of the molecule is CNC(CC1CCSCC1)c1ccc2ccccc2c1. The minimum atomic E-state index is 0.493. The lowest BCUT2D eigenvalue weighted by molar-refractivity contribution is 0.384. The minimum Gasteiger partial charge on any atom is -0.313 e. The van der Waals surface area contributed by atoms with Crippen molar-refractivity contribution >= 4 is 22.5 Å². The first-order valence-corrected chi connectivity index (χ1v) is 8.76. The van der Waals surface area contributed by atoms with E-state index in [-0.39, 0.29) is 0 Å². The molecule has 0 radical (unpaired) electrons. The molecule has 1 aliphatic heterocycles. The first-order valence-electron chi connectivity index (χ1n) is 7.60. The molecule has 2 heteroatoms. The van der Waals surface area contributed by atoms with Crippen molar-refractivity contribution in [3.05, 3.63) is 48.0 Å². The van der Waals surface area contributed by atoms with E-state index in [2.05, 4.69) is 66.6 Å². The van der Waals surface area contributed by atoms with Crippen LogP contribution < -0.4 is 5.32 Å². The molecule has 1 heterocycles. The number of benzene rings is 2. The summed E-state index contributed by atoms with van der Waals surface area (Å²) < 4.78 is 0. The highest BCUT2D eigenvalue weighted by molar-refractivity contribution is 7.99. The van der Waals surface area contributed by atoms with Crippen molar-refractivity contribution in [2.45, 2.75) is 25.3 Å². The number of hydrogen-bond acceptors (Lipinski definition) is 2. The van der Waals surface area contributed by atoms with Crippen LogP contribution >= 0.6 is 11.8 Å². The van der Waals surface area contributed by atoms with Crippen molar-refractivity contribution < 1.29 is 0 Å². The second-order valence-corrected chi connectivity index (χ2v) is 6.96. The highest BCUT2D eigenvalue weighted by Gasteiger charge is 2.19. The first-order chi connectivity index (χ1) is 9.86. The molecule has 0 bridgehead atoms. The van der Waals surface area contributed by atoms with Gasteiger partial charge < -0.3 is 5.32 Å². The number of thioether (sulfide) groups is 1. The number of rotatable bonds is 4. The second-order valence-electron chi connectivity index (χ2n) is 5.74. The van der Waals surface area contributed by atoms with Crippen LogP contribution in [0.1, 0.15) is 30.9 Å². The zero-order valence-corrected chi connectivity index (χ0v) is 13.0. The third kappa shape index (κ3) is 3.18. The Balaban J connectivity index is 1.79. The lowest BCUT2D eigenvalue weighted by Crippen LogP contribution is -2.22. The van der Waals surface area contributed by atoms with Crippen molar-refractivity contribution in [1.29, 1.82) is 0 Å². The van der Waals surface area contributed by atoms with Gasteiger partial charge in [-0.1, -0.05) is 36.4 Å². The van der Waals surface area contributed by atoms with Crippen LogP contribution in [-0.4, -0.2) is 18.6 Å². The van der Waals surface area contributed by atoms with E-state index in [1.54, 1.807) is 0 Å². The van der Waals surface area contributed by atoms with E-state index < -0.39 is 0 Å². The quantitative estimate of drug-likeness (QED) is 0.878. The lowest BCUT2D eigenvalue weighted by atomic mass is 9.90. The van der Waals surface area contributed by atoms with E-state index >= 15 is 0 Å². The van der Waals surface area contributed by atoms with Crippen molar-refractivity contribution in [3.63, 3.8) is 0 Å². The number of nitrogens with one attached hydrogen (secondary N) is 1. The van der Waals surface area contributed by atoms with Crippen LogP contribution in [0.2, 0.25) is 0 Å². The average molecular weight is 285 g/mol. The summed E-state index contributed by atoms with van der Waals surface area (Å²) in [5.41, 5.74) is 1.43. The Morgan fingerprint density at radius 2 is 1.85 bits per heavy atom. The van der Waals surface area contributed by atoms with E-state index in [0.29, 0.717) is 6.04 Å². The Bertz CT molecular complexity index is 560. The van der Waals surface area contributed by atoms with Gasteiger partial charge >= 0.3 is 0 Å². The normalized spacial score (nSPS) is 18.2. The van der Waals surface area contributed by atoms with Crippen LogP contribution in [0.25, 0.3) is 10.8 Å². The molecule has 1 fully saturated rings. The molecule has 1 saturated heterocycles. The van der Waals surface area contributed by atoms with Crippen LogP contribution in [0.5, 0.6) is 0 Å². The summed E-state index contributed by atoms with van der Waals surface area (Å²) >= 11 is 2.11. The summed E-state index contributed by atoms with van der Waals surface area (Å²) in [4.78, 5) is 0. The molecule has 2 aromatic rings. The zero-order chi connectivity index (χ0) is 13.8. The van der Waals surface area contributed by atoms with Crippen LogP contribution in [0, 0.1) is 5.92 Å². The number of fused-ring (bicyclic) bond motifs is 1. The van der Waals surface area contributed by atoms with Crippen molar-refractivity contribution in [2.75, 3.05) is 18.6 Å². The van der Waals surface area contributed by atoms with E-state index in [4.69, 9.17) is 0 Å². The largest absolute Gasteiger partial charge is 0.313 e. The predicted octanol–water partition coefficient (Wildman–Crippen LogP) is 4.63. The van der Waals surface area contributed by atoms with Gasteiger partial charge in [0, 0.05) is 6.04 Å². The molecular formula is C18H23NS.